The van der Waals surface area contributed by atoms with Crippen LogP contribution in [0.15, 0.2) is 29.3 Å². The number of fused-ring (bicyclic) bond motifs is 1. The first kappa shape index (κ1) is 21.4. The van der Waals surface area contributed by atoms with Gasteiger partial charge in [0.05, 0.1) is 5.69 Å². The molecule has 0 radical (unpaired) electrons. The molecule has 1 saturated heterocycles. The van der Waals surface area contributed by atoms with Crippen molar-refractivity contribution in [2.24, 2.45) is 10.9 Å². The number of amides is 1. The zero-order valence-corrected chi connectivity index (χ0v) is 18.1. The van der Waals surface area contributed by atoms with Crippen LogP contribution < -0.4 is 15.0 Å². The summed E-state index contributed by atoms with van der Waals surface area (Å²) in [6, 6.07) is 7.73. The fraction of sp³-hybridized carbons (Fsp3) is 0.636. The number of benzene rings is 1. The Balaban J connectivity index is 1.45. The van der Waals surface area contributed by atoms with Crippen LogP contribution >= 0.6 is 0 Å². The van der Waals surface area contributed by atoms with Crippen LogP contribution in [0.4, 0.5) is 5.69 Å². The number of nitrogens with zero attached hydrogens (tertiary/aromatic N) is 4. The smallest absolute Gasteiger partial charge is 0.265 e. The van der Waals surface area contributed by atoms with Gasteiger partial charge in [-0.15, -0.1) is 0 Å². The van der Waals surface area contributed by atoms with E-state index in [1.54, 1.807) is 0 Å². The van der Waals surface area contributed by atoms with Crippen LogP contribution in [0.25, 0.3) is 0 Å². The van der Waals surface area contributed by atoms with Crippen LogP contribution in [-0.4, -0.2) is 81.1 Å². The average Bonchev–Trinajstić information content (AvgIpc) is 3.21. The first-order chi connectivity index (χ1) is 14.2. The van der Waals surface area contributed by atoms with Gasteiger partial charge in [0.1, 0.15) is 5.75 Å². The van der Waals surface area contributed by atoms with Crippen LogP contribution in [0.2, 0.25) is 0 Å². The topological polar surface area (TPSA) is 60.4 Å². The second-order valence-electron chi connectivity index (χ2n) is 7.72. The van der Waals surface area contributed by atoms with Gasteiger partial charge < -0.3 is 24.8 Å². The Bertz CT molecular complexity index is 704. The quantitative estimate of drug-likeness (QED) is 0.410. The summed E-state index contributed by atoms with van der Waals surface area (Å²) in [6.45, 7) is 11.6. The number of anilines is 1. The van der Waals surface area contributed by atoms with E-state index in [0.717, 1.165) is 56.5 Å². The molecular weight excluding hydrogens is 366 g/mol. The Hall–Kier alpha value is -2.28. The van der Waals surface area contributed by atoms with Gasteiger partial charge in [-0.05, 0) is 44.0 Å². The lowest BCUT2D eigenvalue weighted by atomic mass is 10.1. The minimum Gasteiger partial charge on any atom is -0.482 e. The number of hydrogen-bond acceptors (Lipinski definition) is 4. The second kappa shape index (κ2) is 10.5. The minimum atomic E-state index is 0.0202. The molecule has 0 aliphatic carbocycles. The maximum absolute atomic E-state index is 12.3. The number of carbonyl (C=O) groups excluding carboxylic acids is 1. The van der Waals surface area contributed by atoms with E-state index >= 15 is 0 Å². The van der Waals surface area contributed by atoms with E-state index in [1.165, 1.54) is 13.0 Å². The summed E-state index contributed by atoms with van der Waals surface area (Å²) in [7, 11) is 1.85. The number of ether oxygens (including phenoxy) is 1. The Morgan fingerprint density at radius 2 is 2.10 bits per heavy atom. The highest BCUT2D eigenvalue weighted by Crippen LogP contribution is 2.31. The first-order valence-electron chi connectivity index (χ1n) is 10.9. The fourth-order valence-electron chi connectivity index (χ4n) is 4.19. The van der Waals surface area contributed by atoms with Gasteiger partial charge in [-0.2, -0.15) is 0 Å². The van der Waals surface area contributed by atoms with Gasteiger partial charge in [0.25, 0.3) is 5.91 Å². The number of para-hydroxylation sites is 2. The maximum Gasteiger partial charge on any atom is 0.265 e. The van der Waals surface area contributed by atoms with Crippen molar-refractivity contribution >= 4 is 17.6 Å². The van der Waals surface area contributed by atoms with Gasteiger partial charge in [0.15, 0.2) is 12.6 Å². The molecular formula is C22H35N5O2. The maximum atomic E-state index is 12.3. The van der Waals surface area contributed by atoms with Crippen molar-refractivity contribution in [2.45, 2.75) is 26.7 Å². The largest absolute Gasteiger partial charge is 0.482 e. The van der Waals surface area contributed by atoms with Crippen LogP contribution in [-0.2, 0) is 4.79 Å². The van der Waals surface area contributed by atoms with E-state index in [2.05, 4.69) is 34.0 Å². The van der Waals surface area contributed by atoms with E-state index in [4.69, 9.17) is 4.74 Å². The van der Waals surface area contributed by atoms with Crippen molar-refractivity contribution in [3.63, 3.8) is 0 Å². The van der Waals surface area contributed by atoms with E-state index in [0.29, 0.717) is 12.5 Å². The molecule has 1 atom stereocenters. The Morgan fingerprint density at radius 3 is 2.86 bits per heavy atom. The van der Waals surface area contributed by atoms with Crippen molar-refractivity contribution in [1.82, 2.24) is 15.1 Å². The van der Waals surface area contributed by atoms with Gasteiger partial charge in [-0.25, -0.2) is 0 Å². The molecule has 2 aliphatic rings. The average molecular weight is 402 g/mol. The van der Waals surface area contributed by atoms with Gasteiger partial charge in [0.2, 0.25) is 0 Å². The lowest BCUT2D eigenvalue weighted by molar-refractivity contribution is -0.121. The van der Waals surface area contributed by atoms with E-state index in [-0.39, 0.29) is 12.5 Å². The molecule has 3 rings (SSSR count). The molecule has 1 aromatic carbocycles. The third kappa shape index (κ3) is 5.41. The summed E-state index contributed by atoms with van der Waals surface area (Å²) < 4.78 is 5.51. The number of aliphatic imine (C=N–C) groups is 1. The number of nitrogens with one attached hydrogen (secondary N) is 1. The molecule has 7 nitrogen and oxygen atoms in total. The number of likely N-dealkylation sites (tertiary alicyclic amines) is 1. The number of carbonyl (C=O) groups is 1. The summed E-state index contributed by atoms with van der Waals surface area (Å²) in [6.07, 6.45) is 2.08. The molecule has 1 N–H and O–H groups in total. The van der Waals surface area contributed by atoms with Gasteiger partial charge in [-0.3, -0.25) is 9.79 Å². The van der Waals surface area contributed by atoms with Crippen LogP contribution in [0, 0.1) is 5.92 Å². The molecule has 0 spiro atoms. The normalized spacial score (nSPS) is 19.5. The van der Waals surface area contributed by atoms with Crippen molar-refractivity contribution in [3.8, 4) is 5.75 Å². The van der Waals surface area contributed by atoms with Gasteiger partial charge >= 0.3 is 0 Å². The summed E-state index contributed by atoms with van der Waals surface area (Å²) >= 11 is 0. The monoisotopic (exact) mass is 401 g/mol. The highest BCUT2D eigenvalue weighted by atomic mass is 16.5. The zero-order chi connectivity index (χ0) is 20.6. The minimum absolute atomic E-state index is 0.0202. The lowest BCUT2D eigenvalue weighted by Crippen LogP contribution is -2.43. The Kier molecular flexibility index (Phi) is 7.75. The Morgan fingerprint density at radius 1 is 1.31 bits per heavy atom. The van der Waals surface area contributed by atoms with E-state index in [9.17, 15) is 4.79 Å². The van der Waals surface area contributed by atoms with E-state index < -0.39 is 0 Å². The number of rotatable bonds is 8. The SMILES string of the molecule is CCN(CC)CC1CCN(C(=NC)NCCCN2C(=O)COc3ccccc32)C1. The molecule has 1 aromatic rings. The molecule has 7 heteroatoms. The van der Waals surface area contributed by atoms with Crippen molar-refractivity contribution in [3.05, 3.63) is 24.3 Å². The molecule has 2 aliphatic heterocycles. The third-order valence-corrected chi connectivity index (χ3v) is 5.86. The summed E-state index contributed by atoms with van der Waals surface area (Å²) in [5.41, 5.74) is 0.868. The predicted molar refractivity (Wildman–Crippen MR) is 118 cm³/mol. The molecule has 0 bridgehead atoms. The van der Waals surface area contributed by atoms with Gasteiger partial charge in [0, 0.05) is 39.8 Å². The summed E-state index contributed by atoms with van der Waals surface area (Å²) in [4.78, 5) is 23.4. The Labute approximate surface area is 174 Å². The highest BCUT2D eigenvalue weighted by Gasteiger charge is 2.27. The standard InChI is InChI=1S/C22H35N5O2/c1-4-25(5-2)15-18-11-14-26(16-18)22(23-3)24-12-8-13-27-19-9-6-7-10-20(19)29-17-21(27)28/h6-7,9-10,18H,4-5,8,11-17H2,1-3H3,(H,23,24). The molecule has 2 heterocycles. The highest BCUT2D eigenvalue weighted by molar-refractivity contribution is 5.97. The van der Waals surface area contributed by atoms with Crippen LogP contribution in [0.5, 0.6) is 5.75 Å². The first-order valence-corrected chi connectivity index (χ1v) is 10.9. The molecule has 160 valence electrons. The zero-order valence-electron chi connectivity index (χ0n) is 18.1. The molecule has 0 aromatic heterocycles. The van der Waals surface area contributed by atoms with Crippen LogP contribution in [0.1, 0.15) is 26.7 Å². The summed E-state index contributed by atoms with van der Waals surface area (Å²) in [5, 5.41) is 3.48. The lowest BCUT2D eigenvalue weighted by Gasteiger charge is -2.29. The fourth-order valence-corrected chi connectivity index (χ4v) is 4.19. The van der Waals surface area contributed by atoms with E-state index in [1.807, 2.05) is 36.2 Å². The second-order valence-corrected chi connectivity index (χ2v) is 7.72. The molecule has 29 heavy (non-hydrogen) atoms. The number of hydrogen-bond donors (Lipinski definition) is 1. The van der Waals surface area contributed by atoms with Crippen molar-refractivity contribution < 1.29 is 9.53 Å². The molecule has 1 amide bonds. The number of guanidine groups is 1. The predicted octanol–water partition coefficient (Wildman–Crippen LogP) is 2.04. The van der Waals surface area contributed by atoms with Crippen molar-refractivity contribution in [1.29, 1.82) is 0 Å². The third-order valence-electron chi connectivity index (χ3n) is 5.86. The molecule has 1 unspecified atom stereocenters. The van der Waals surface area contributed by atoms with Crippen molar-refractivity contribution in [2.75, 3.05) is 64.4 Å². The van der Waals surface area contributed by atoms with Gasteiger partial charge in [-0.1, -0.05) is 26.0 Å². The molecule has 1 fully saturated rings. The van der Waals surface area contributed by atoms with Crippen LogP contribution in [0.3, 0.4) is 0 Å². The summed E-state index contributed by atoms with van der Waals surface area (Å²) in [5.74, 6) is 2.48. The molecule has 0 saturated carbocycles.